The third kappa shape index (κ3) is 7.21. The average Bonchev–Trinajstić information content (AvgIpc) is 2.87. The first-order chi connectivity index (χ1) is 18.0. The van der Waals surface area contributed by atoms with E-state index in [-0.39, 0.29) is 21.6 Å². The second-order valence-electron chi connectivity index (χ2n) is 9.22. The number of aryl methyl sites for hydroxylation is 3. The fraction of sp³-hybridized carbons (Fsp3) is 0.219. The van der Waals surface area contributed by atoms with Crippen molar-refractivity contribution >= 4 is 29.0 Å². The summed E-state index contributed by atoms with van der Waals surface area (Å²) in [6.07, 6.45) is 0.959. The van der Waals surface area contributed by atoms with Gasteiger partial charge in [0, 0.05) is 18.4 Å². The minimum absolute atomic E-state index is 0.0234. The van der Waals surface area contributed by atoms with E-state index in [0.29, 0.717) is 29.5 Å². The van der Waals surface area contributed by atoms with Crippen molar-refractivity contribution in [3.8, 4) is 5.75 Å². The van der Waals surface area contributed by atoms with E-state index in [0.717, 1.165) is 33.6 Å². The highest BCUT2D eigenvalue weighted by atomic mass is 35.5. The highest BCUT2D eigenvalue weighted by molar-refractivity contribution is 6.31. The second-order valence-corrected chi connectivity index (χ2v) is 10.0. The molecule has 0 atom stereocenters. The van der Waals surface area contributed by atoms with Gasteiger partial charge in [-0.1, -0.05) is 59.6 Å². The Kier molecular flexibility index (Phi) is 10.1. The quantitative estimate of drug-likeness (QED) is 0.222. The lowest BCUT2D eigenvalue weighted by molar-refractivity contribution is 0.101. The van der Waals surface area contributed by atoms with E-state index in [9.17, 15) is 13.6 Å². The van der Waals surface area contributed by atoms with Crippen LogP contribution in [0.5, 0.6) is 5.75 Å². The van der Waals surface area contributed by atoms with Crippen LogP contribution in [0.25, 0.3) is 0 Å². The summed E-state index contributed by atoms with van der Waals surface area (Å²) in [5.74, 6) is 0.103. The van der Waals surface area contributed by atoms with Gasteiger partial charge in [0.1, 0.15) is 17.4 Å². The summed E-state index contributed by atoms with van der Waals surface area (Å²) in [6, 6.07) is 19.7. The molecule has 2 nitrogen and oxygen atoms in total. The predicted octanol–water partition coefficient (Wildman–Crippen LogP) is 9.28. The van der Waals surface area contributed by atoms with E-state index >= 15 is 0 Å². The number of ether oxygens (including phenoxy) is 1. The van der Waals surface area contributed by atoms with Gasteiger partial charge < -0.3 is 4.74 Å². The minimum atomic E-state index is -0.390. The first kappa shape index (κ1) is 29.3. The lowest BCUT2D eigenvalue weighted by Crippen LogP contribution is -2.02. The van der Waals surface area contributed by atoms with Crippen molar-refractivity contribution in [3.63, 3.8) is 0 Å². The molecule has 38 heavy (non-hydrogen) atoms. The van der Waals surface area contributed by atoms with Crippen LogP contribution in [0.15, 0.2) is 66.7 Å². The Labute approximate surface area is 233 Å². The summed E-state index contributed by atoms with van der Waals surface area (Å²) in [5, 5.41) is 0.290. The number of Topliss-reactive ketones (excluding diaryl/α,β-unsaturated/α-hetero) is 1. The average molecular weight is 555 g/mol. The van der Waals surface area contributed by atoms with Crippen LogP contribution in [0.2, 0.25) is 10.0 Å². The number of rotatable bonds is 6. The normalized spacial score (nSPS) is 10.6. The van der Waals surface area contributed by atoms with Crippen LogP contribution < -0.4 is 4.74 Å². The maximum absolute atomic E-state index is 14.0. The molecule has 0 bridgehead atoms. The Morgan fingerprint density at radius 1 is 0.711 bits per heavy atom. The molecule has 0 fully saturated rings. The molecular weight excluding hydrogens is 525 g/mol. The third-order valence-electron chi connectivity index (χ3n) is 6.44. The number of carbonyl (C=O) groups is 1. The zero-order chi connectivity index (χ0) is 28.0. The van der Waals surface area contributed by atoms with Gasteiger partial charge in [-0.15, -0.1) is 0 Å². The molecule has 0 aliphatic carbocycles. The van der Waals surface area contributed by atoms with Gasteiger partial charge in [-0.3, -0.25) is 4.79 Å². The zero-order valence-corrected chi connectivity index (χ0v) is 23.6. The van der Waals surface area contributed by atoms with Gasteiger partial charge in [-0.2, -0.15) is 0 Å². The monoisotopic (exact) mass is 554 g/mol. The molecule has 198 valence electrons. The van der Waals surface area contributed by atoms with Crippen LogP contribution in [0, 0.1) is 32.4 Å². The van der Waals surface area contributed by atoms with Crippen LogP contribution in [-0.4, -0.2) is 12.9 Å². The number of carbonyl (C=O) groups excluding carboxylic acids is 1. The van der Waals surface area contributed by atoms with Crippen molar-refractivity contribution < 1.29 is 18.3 Å². The summed E-state index contributed by atoms with van der Waals surface area (Å²) < 4.78 is 32.9. The fourth-order valence-corrected chi connectivity index (χ4v) is 4.63. The lowest BCUT2D eigenvalue weighted by atomic mass is 9.94. The highest BCUT2D eigenvalue weighted by Crippen LogP contribution is 2.25. The number of hydrogen-bond acceptors (Lipinski definition) is 2. The SMILES string of the molecule is CC(=O)c1cc(Cc2cccc(Cl)c2F)c(C)cc1C.COc1ccc(Cc2cccc(Cl)c2F)c(C)c1. The molecule has 0 aliphatic heterocycles. The number of methoxy groups -OCH3 is 1. The molecule has 4 rings (SSSR count). The summed E-state index contributed by atoms with van der Waals surface area (Å²) in [5.41, 5.74) is 6.92. The minimum Gasteiger partial charge on any atom is -0.497 e. The first-order valence-electron chi connectivity index (χ1n) is 12.1. The zero-order valence-electron chi connectivity index (χ0n) is 22.1. The van der Waals surface area contributed by atoms with Crippen molar-refractivity contribution in [1.82, 2.24) is 0 Å². The third-order valence-corrected chi connectivity index (χ3v) is 7.02. The molecule has 0 radical (unpaired) electrons. The van der Waals surface area contributed by atoms with Crippen molar-refractivity contribution in [2.24, 2.45) is 0 Å². The molecule has 0 saturated heterocycles. The standard InChI is InChI=1S/C17H16ClFO.C15H14ClFO/c1-10-7-11(2)15(12(3)20)9-14(10)8-13-5-4-6-16(18)17(13)19;1-10-8-13(18-2)7-6-11(10)9-12-4-3-5-14(16)15(12)17/h4-7,9H,8H2,1-3H3;3-8H,9H2,1-2H3. The summed E-state index contributed by atoms with van der Waals surface area (Å²) in [6.45, 7) is 7.41. The van der Waals surface area contributed by atoms with Crippen molar-refractivity contribution in [3.05, 3.63) is 133 Å². The Morgan fingerprint density at radius 2 is 1.24 bits per heavy atom. The van der Waals surface area contributed by atoms with Gasteiger partial charge in [0.2, 0.25) is 0 Å². The first-order valence-corrected chi connectivity index (χ1v) is 12.9. The Balaban J connectivity index is 0.000000212. The molecule has 0 aliphatic rings. The summed E-state index contributed by atoms with van der Waals surface area (Å²) >= 11 is 11.6. The molecule has 4 aromatic rings. The smallest absolute Gasteiger partial charge is 0.160 e. The van der Waals surface area contributed by atoms with E-state index in [1.165, 1.54) is 6.07 Å². The Hall–Kier alpha value is -3.21. The molecular formula is C32H30Cl2F2O2. The Bertz CT molecular complexity index is 1460. The van der Waals surface area contributed by atoms with Crippen LogP contribution in [0.1, 0.15) is 56.2 Å². The Morgan fingerprint density at radius 3 is 1.74 bits per heavy atom. The van der Waals surface area contributed by atoms with E-state index in [4.69, 9.17) is 27.9 Å². The maximum Gasteiger partial charge on any atom is 0.160 e. The number of benzene rings is 4. The molecule has 0 heterocycles. The molecule has 0 N–H and O–H groups in total. The summed E-state index contributed by atoms with van der Waals surface area (Å²) in [4.78, 5) is 11.6. The predicted molar refractivity (Wildman–Crippen MR) is 152 cm³/mol. The van der Waals surface area contributed by atoms with Crippen molar-refractivity contribution in [2.45, 2.75) is 40.5 Å². The van der Waals surface area contributed by atoms with Crippen molar-refractivity contribution in [1.29, 1.82) is 0 Å². The van der Waals surface area contributed by atoms with Crippen LogP contribution >= 0.6 is 23.2 Å². The number of ketones is 1. The molecule has 0 saturated carbocycles. The number of hydrogen-bond donors (Lipinski definition) is 0. The molecule has 0 unspecified atom stereocenters. The van der Waals surface area contributed by atoms with Gasteiger partial charge in [0.05, 0.1) is 17.2 Å². The second kappa shape index (κ2) is 13.0. The largest absolute Gasteiger partial charge is 0.497 e. The van der Waals surface area contributed by atoms with Crippen LogP contribution in [-0.2, 0) is 12.8 Å². The summed E-state index contributed by atoms with van der Waals surface area (Å²) in [7, 11) is 1.63. The molecule has 6 heteroatoms. The van der Waals surface area contributed by atoms with E-state index in [1.807, 2.05) is 51.1 Å². The van der Waals surface area contributed by atoms with E-state index < -0.39 is 5.82 Å². The number of halogens is 4. The molecule has 0 aromatic heterocycles. The lowest BCUT2D eigenvalue weighted by Gasteiger charge is -2.11. The van der Waals surface area contributed by atoms with Crippen molar-refractivity contribution in [2.75, 3.05) is 7.11 Å². The van der Waals surface area contributed by atoms with Gasteiger partial charge in [0.25, 0.3) is 0 Å². The maximum atomic E-state index is 14.0. The van der Waals surface area contributed by atoms with Crippen LogP contribution in [0.3, 0.4) is 0 Å². The van der Waals surface area contributed by atoms with E-state index in [1.54, 1.807) is 44.4 Å². The highest BCUT2D eigenvalue weighted by Gasteiger charge is 2.12. The fourth-order valence-electron chi connectivity index (χ4n) is 4.24. The van der Waals surface area contributed by atoms with Gasteiger partial charge in [-0.25, -0.2) is 8.78 Å². The van der Waals surface area contributed by atoms with Gasteiger partial charge in [-0.05, 0) is 97.0 Å². The van der Waals surface area contributed by atoms with Gasteiger partial charge in [0.15, 0.2) is 5.78 Å². The van der Waals surface area contributed by atoms with Crippen LogP contribution in [0.4, 0.5) is 8.78 Å². The molecule has 0 spiro atoms. The topological polar surface area (TPSA) is 26.3 Å². The molecule has 4 aromatic carbocycles. The molecule has 0 amide bonds. The van der Waals surface area contributed by atoms with E-state index in [2.05, 4.69) is 0 Å². The van der Waals surface area contributed by atoms with Gasteiger partial charge >= 0.3 is 0 Å².